The molecule has 2 unspecified atom stereocenters. The summed E-state index contributed by atoms with van der Waals surface area (Å²) < 4.78 is 0. The van der Waals surface area contributed by atoms with Gasteiger partial charge in [0.1, 0.15) is 5.69 Å². The van der Waals surface area contributed by atoms with Gasteiger partial charge in [-0.3, -0.25) is 14.9 Å². The lowest BCUT2D eigenvalue weighted by Gasteiger charge is -2.39. The van der Waals surface area contributed by atoms with Gasteiger partial charge in [0.2, 0.25) is 5.91 Å². The van der Waals surface area contributed by atoms with Gasteiger partial charge in [0.15, 0.2) is 0 Å². The molecule has 2 aliphatic rings. The monoisotopic (exact) mass is 469 g/mol. The molecule has 9 heteroatoms. The molecule has 2 atom stereocenters. The molecular formula is C24H24ClN3O5. The number of carbonyl (C=O) groups is 2. The highest BCUT2D eigenvalue weighted by Crippen LogP contribution is 2.71. The number of amides is 1. The molecule has 0 heterocycles. The number of nitrogens with one attached hydrogen (secondary N) is 1. The number of hydrogen-bond acceptors (Lipinski definition) is 6. The standard InChI is InChI=1S/C24H24ClN3O5/c1-22(2)23(3)12-13-24(22,21(30)26-17-10-6-7-11-18(17)28(31)32)14-19(23)27-33-20(29)15-8-4-5-9-16(15)25/h4-11H,12-14H2,1-3H3,(H,26,30)/b27-19+. The van der Waals surface area contributed by atoms with Gasteiger partial charge in [-0.1, -0.05) is 61.8 Å². The number of rotatable bonds is 5. The van der Waals surface area contributed by atoms with Crippen molar-refractivity contribution in [3.05, 3.63) is 69.2 Å². The van der Waals surface area contributed by atoms with E-state index in [-0.39, 0.29) is 27.9 Å². The van der Waals surface area contributed by atoms with E-state index in [1.54, 1.807) is 36.4 Å². The molecule has 4 rings (SSSR count). The minimum atomic E-state index is -0.846. The summed E-state index contributed by atoms with van der Waals surface area (Å²) in [5, 5.41) is 18.6. The second-order valence-corrected chi connectivity index (χ2v) is 9.75. The average molecular weight is 470 g/mol. The van der Waals surface area contributed by atoms with Crippen LogP contribution in [0, 0.1) is 26.4 Å². The third-order valence-electron chi connectivity index (χ3n) is 7.85. The van der Waals surface area contributed by atoms with Gasteiger partial charge >= 0.3 is 5.97 Å². The summed E-state index contributed by atoms with van der Waals surface area (Å²) >= 11 is 6.08. The smallest absolute Gasteiger partial charge is 0.320 e. The van der Waals surface area contributed by atoms with Crippen LogP contribution >= 0.6 is 11.6 Å². The zero-order valence-electron chi connectivity index (χ0n) is 18.6. The summed E-state index contributed by atoms with van der Waals surface area (Å²) in [6.45, 7) is 6.01. The molecule has 0 aliphatic heterocycles. The number of anilines is 1. The summed E-state index contributed by atoms with van der Waals surface area (Å²) in [7, 11) is 0. The topological polar surface area (TPSA) is 111 Å². The number of para-hydroxylation sites is 2. The Kier molecular flexibility index (Phi) is 5.52. The Morgan fingerprint density at radius 1 is 1.09 bits per heavy atom. The lowest BCUT2D eigenvalue weighted by Crippen LogP contribution is -2.43. The van der Waals surface area contributed by atoms with E-state index in [9.17, 15) is 19.7 Å². The molecule has 33 heavy (non-hydrogen) atoms. The first-order valence-corrected chi connectivity index (χ1v) is 11.0. The molecule has 1 amide bonds. The van der Waals surface area contributed by atoms with Crippen LogP contribution in [-0.4, -0.2) is 22.5 Å². The molecule has 0 aromatic heterocycles. The van der Waals surface area contributed by atoms with Crippen LogP contribution in [0.3, 0.4) is 0 Å². The number of fused-ring (bicyclic) bond motifs is 2. The van der Waals surface area contributed by atoms with Gasteiger partial charge in [0.05, 0.1) is 26.6 Å². The predicted octanol–water partition coefficient (Wildman–Crippen LogP) is 5.62. The van der Waals surface area contributed by atoms with E-state index in [0.29, 0.717) is 25.0 Å². The second kappa shape index (κ2) is 7.95. The number of oxime groups is 1. The van der Waals surface area contributed by atoms with Gasteiger partial charge < -0.3 is 10.2 Å². The van der Waals surface area contributed by atoms with Gasteiger partial charge in [-0.05, 0) is 36.5 Å². The van der Waals surface area contributed by atoms with E-state index in [4.69, 9.17) is 16.4 Å². The minimum absolute atomic E-state index is 0.154. The molecular weight excluding hydrogens is 446 g/mol. The average Bonchev–Trinajstić information content (AvgIpc) is 3.08. The zero-order valence-corrected chi connectivity index (χ0v) is 19.3. The van der Waals surface area contributed by atoms with Gasteiger partial charge in [-0.2, -0.15) is 0 Å². The number of nitro groups is 1. The Bertz CT molecular complexity index is 1190. The van der Waals surface area contributed by atoms with Crippen molar-refractivity contribution in [1.29, 1.82) is 0 Å². The van der Waals surface area contributed by atoms with Crippen LogP contribution in [-0.2, 0) is 9.63 Å². The molecule has 8 nitrogen and oxygen atoms in total. The molecule has 2 aliphatic carbocycles. The largest absolute Gasteiger partial charge is 0.367 e. The summed E-state index contributed by atoms with van der Waals surface area (Å²) in [4.78, 5) is 42.2. The third-order valence-corrected chi connectivity index (χ3v) is 8.18. The normalized spacial score (nSPS) is 26.2. The fourth-order valence-corrected chi connectivity index (χ4v) is 5.49. The third kappa shape index (κ3) is 3.40. The van der Waals surface area contributed by atoms with Gasteiger partial charge in [-0.15, -0.1) is 0 Å². The maximum absolute atomic E-state index is 13.6. The first-order chi connectivity index (χ1) is 15.5. The SMILES string of the molecule is CC12CCC(C(=O)Nc3ccccc3[N+](=O)[O-])(C/C1=N\OC(=O)c1ccccc1Cl)C2(C)C. The van der Waals surface area contributed by atoms with Crippen LogP contribution in [0.1, 0.15) is 50.4 Å². The maximum atomic E-state index is 13.6. The van der Waals surface area contributed by atoms with Crippen molar-refractivity contribution in [2.24, 2.45) is 21.4 Å². The van der Waals surface area contributed by atoms with Crippen molar-refractivity contribution < 1.29 is 19.3 Å². The first-order valence-electron chi connectivity index (χ1n) is 10.6. The van der Waals surface area contributed by atoms with Gasteiger partial charge in [0, 0.05) is 17.9 Å². The van der Waals surface area contributed by atoms with Crippen LogP contribution < -0.4 is 5.32 Å². The van der Waals surface area contributed by atoms with E-state index < -0.39 is 27.1 Å². The maximum Gasteiger partial charge on any atom is 0.367 e. The van der Waals surface area contributed by atoms with Crippen molar-refractivity contribution in [2.45, 2.75) is 40.0 Å². The molecule has 2 bridgehead atoms. The number of halogens is 1. The lowest BCUT2D eigenvalue weighted by atomic mass is 9.64. The van der Waals surface area contributed by atoms with E-state index in [2.05, 4.69) is 10.5 Å². The number of benzene rings is 2. The van der Waals surface area contributed by atoms with Crippen molar-refractivity contribution >= 4 is 40.6 Å². The zero-order chi connectivity index (χ0) is 24.0. The minimum Gasteiger partial charge on any atom is -0.320 e. The Hall–Kier alpha value is -3.26. The van der Waals surface area contributed by atoms with Crippen LogP contribution in [0.4, 0.5) is 11.4 Å². The Labute approximate surface area is 196 Å². The van der Waals surface area contributed by atoms with Crippen molar-refractivity contribution in [1.82, 2.24) is 0 Å². The highest BCUT2D eigenvalue weighted by molar-refractivity contribution is 6.33. The quantitative estimate of drug-likeness (QED) is 0.347. The van der Waals surface area contributed by atoms with Crippen LogP contribution in [0.2, 0.25) is 5.02 Å². The molecule has 0 radical (unpaired) electrons. The van der Waals surface area contributed by atoms with Crippen LogP contribution in [0.25, 0.3) is 0 Å². The van der Waals surface area contributed by atoms with Crippen molar-refractivity contribution in [2.75, 3.05) is 5.32 Å². The summed E-state index contributed by atoms with van der Waals surface area (Å²) in [6.07, 6.45) is 1.56. The van der Waals surface area contributed by atoms with Gasteiger partial charge in [0.25, 0.3) is 5.69 Å². The first kappa shape index (κ1) is 22.9. The molecule has 2 aromatic rings. The summed E-state index contributed by atoms with van der Waals surface area (Å²) in [5.74, 6) is -0.969. The number of nitro benzene ring substituents is 1. The molecule has 0 saturated heterocycles. The van der Waals surface area contributed by atoms with E-state index in [0.717, 1.165) is 0 Å². The van der Waals surface area contributed by atoms with Crippen molar-refractivity contribution in [3.8, 4) is 0 Å². The fourth-order valence-electron chi connectivity index (χ4n) is 5.28. The number of nitrogens with zero attached hydrogens (tertiary/aromatic N) is 2. The Balaban J connectivity index is 1.62. The Morgan fingerprint density at radius 2 is 1.76 bits per heavy atom. The van der Waals surface area contributed by atoms with Gasteiger partial charge in [-0.25, -0.2) is 4.79 Å². The predicted molar refractivity (Wildman–Crippen MR) is 124 cm³/mol. The molecule has 2 saturated carbocycles. The molecule has 172 valence electrons. The van der Waals surface area contributed by atoms with E-state index in [1.807, 2.05) is 20.8 Å². The molecule has 2 fully saturated rings. The highest BCUT2D eigenvalue weighted by Gasteiger charge is 2.71. The molecule has 2 aromatic carbocycles. The van der Waals surface area contributed by atoms with E-state index >= 15 is 0 Å². The summed E-state index contributed by atoms with van der Waals surface area (Å²) in [5.41, 5.74) is -1.03. The van der Waals surface area contributed by atoms with E-state index in [1.165, 1.54) is 12.1 Å². The van der Waals surface area contributed by atoms with Crippen LogP contribution in [0.15, 0.2) is 53.7 Å². The number of hydrogen-bond donors (Lipinski definition) is 1. The Morgan fingerprint density at radius 3 is 2.45 bits per heavy atom. The molecule has 1 N–H and O–H groups in total. The van der Waals surface area contributed by atoms with Crippen molar-refractivity contribution in [3.63, 3.8) is 0 Å². The highest BCUT2D eigenvalue weighted by atomic mass is 35.5. The summed E-state index contributed by atoms with van der Waals surface area (Å²) in [6, 6.07) is 12.6. The fraction of sp³-hybridized carbons (Fsp3) is 0.375. The lowest BCUT2D eigenvalue weighted by molar-refractivity contribution is -0.383. The number of carbonyl (C=O) groups excluding carboxylic acids is 2. The van der Waals surface area contributed by atoms with Crippen LogP contribution in [0.5, 0.6) is 0 Å². The second-order valence-electron chi connectivity index (χ2n) is 9.34. The molecule has 0 spiro atoms.